The zero-order chi connectivity index (χ0) is 11.5. The Morgan fingerprint density at radius 1 is 1.40 bits per heavy atom. The van der Waals surface area contributed by atoms with E-state index in [1.807, 2.05) is 0 Å². The van der Waals surface area contributed by atoms with Crippen molar-refractivity contribution in [3.63, 3.8) is 0 Å². The molecule has 0 atom stereocenters. The van der Waals surface area contributed by atoms with E-state index in [0.717, 1.165) is 9.80 Å². The van der Waals surface area contributed by atoms with Crippen LogP contribution in [-0.2, 0) is 0 Å². The van der Waals surface area contributed by atoms with Crippen LogP contribution in [0.1, 0.15) is 13.8 Å². The smallest absolute Gasteiger partial charge is 0.165 e. The zero-order valence-corrected chi connectivity index (χ0v) is 11.9. The summed E-state index contributed by atoms with van der Waals surface area (Å²) >= 11 is 6.67. The minimum atomic E-state index is -0.330. The van der Waals surface area contributed by atoms with E-state index in [4.69, 9.17) is 4.74 Å². The SMILES string of the molecule is CC(C)(CBr)COc1cc(Br)ccc1F. The van der Waals surface area contributed by atoms with Gasteiger partial charge in [-0.3, -0.25) is 0 Å². The van der Waals surface area contributed by atoms with Crippen molar-refractivity contribution >= 4 is 31.9 Å². The van der Waals surface area contributed by atoms with Crippen LogP contribution in [-0.4, -0.2) is 11.9 Å². The largest absolute Gasteiger partial charge is 0.490 e. The predicted molar refractivity (Wildman–Crippen MR) is 67.2 cm³/mol. The Morgan fingerprint density at radius 3 is 2.67 bits per heavy atom. The lowest BCUT2D eigenvalue weighted by molar-refractivity contribution is 0.196. The Labute approximate surface area is 106 Å². The highest BCUT2D eigenvalue weighted by atomic mass is 79.9. The van der Waals surface area contributed by atoms with Crippen molar-refractivity contribution in [2.45, 2.75) is 13.8 Å². The molecule has 0 heterocycles. The predicted octanol–water partition coefficient (Wildman–Crippen LogP) is 4.39. The Morgan fingerprint density at radius 2 is 2.07 bits per heavy atom. The molecule has 1 nitrogen and oxygen atoms in total. The topological polar surface area (TPSA) is 9.23 Å². The lowest BCUT2D eigenvalue weighted by Crippen LogP contribution is -2.23. The number of alkyl halides is 1. The van der Waals surface area contributed by atoms with Crippen molar-refractivity contribution in [1.29, 1.82) is 0 Å². The summed E-state index contributed by atoms with van der Waals surface area (Å²) in [6.07, 6.45) is 0. The zero-order valence-electron chi connectivity index (χ0n) is 8.69. The van der Waals surface area contributed by atoms with E-state index in [2.05, 4.69) is 45.7 Å². The fourth-order valence-corrected chi connectivity index (χ4v) is 1.40. The van der Waals surface area contributed by atoms with Gasteiger partial charge in [-0.15, -0.1) is 0 Å². The van der Waals surface area contributed by atoms with Gasteiger partial charge in [0.15, 0.2) is 11.6 Å². The lowest BCUT2D eigenvalue weighted by Gasteiger charge is -2.21. The van der Waals surface area contributed by atoms with Crippen molar-refractivity contribution < 1.29 is 9.13 Å². The van der Waals surface area contributed by atoms with E-state index in [-0.39, 0.29) is 11.2 Å². The molecule has 15 heavy (non-hydrogen) atoms. The number of hydrogen-bond acceptors (Lipinski definition) is 1. The van der Waals surface area contributed by atoms with E-state index < -0.39 is 0 Å². The van der Waals surface area contributed by atoms with Crippen LogP contribution in [0.25, 0.3) is 0 Å². The molecule has 0 unspecified atom stereocenters. The molecular formula is C11H13Br2FO. The highest BCUT2D eigenvalue weighted by Crippen LogP contribution is 2.25. The molecular weight excluding hydrogens is 327 g/mol. The molecule has 0 aliphatic rings. The first-order chi connectivity index (χ1) is 6.94. The van der Waals surface area contributed by atoms with Gasteiger partial charge in [0.05, 0.1) is 6.61 Å². The molecule has 0 saturated heterocycles. The first kappa shape index (κ1) is 13.0. The van der Waals surface area contributed by atoms with Crippen LogP contribution in [0.4, 0.5) is 4.39 Å². The number of hydrogen-bond donors (Lipinski definition) is 0. The minimum absolute atomic E-state index is 0.00520. The third-order valence-corrected chi connectivity index (χ3v) is 3.88. The number of benzene rings is 1. The van der Waals surface area contributed by atoms with Gasteiger partial charge in [-0.1, -0.05) is 45.7 Å². The Kier molecular flexibility index (Phi) is 4.59. The monoisotopic (exact) mass is 338 g/mol. The normalized spacial score (nSPS) is 11.5. The second-order valence-electron chi connectivity index (χ2n) is 4.16. The van der Waals surface area contributed by atoms with Crippen LogP contribution < -0.4 is 4.74 Å². The Hall–Kier alpha value is -0.0900. The number of ether oxygens (including phenoxy) is 1. The first-order valence-corrected chi connectivity index (χ1v) is 6.50. The number of halogens is 3. The van der Waals surface area contributed by atoms with Gasteiger partial charge in [0.1, 0.15) is 0 Å². The van der Waals surface area contributed by atoms with Crippen LogP contribution in [0.15, 0.2) is 22.7 Å². The van der Waals surface area contributed by atoms with Crippen molar-refractivity contribution in [2.24, 2.45) is 5.41 Å². The summed E-state index contributed by atoms with van der Waals surface area (Å²) in [5.74, 6) is -0.0398. The molecule has 0 aliphatic carbocycles. The average Bonchev–Trinajstić information content (AvgIpc) is 2.20. The highest BCUT2D eigenvalue weighted by molar-refractivity contribution is 9.10. The molecule has 4 heteroatoms. The molecule has 0 radical (unpaired) electrons. The standard InChI is InChI=1S/C11H13Br2FO/c1-11(2,6-12)7-15-10-5-8(13)3-4-9(10)14/h3-5H,6-7H2,1-2H3. The molecule has 0 saturated carbocycles. The van der Waals surface area contributed by atoms with Gasteiger partial charge < -0.3 is 4.74 Å². The number of rotatable bonds is 4. The van der Waals surface area contributed by atoms with Crippen molar-refractivity contribution in [1.82, 2.24) is 0 Å². The van der Waals surface area contributed by atoms with Gasteiger partial charge in [0, 0.05) is 15.2 Å². The second kappa shape index (κ2) is 5.30. The first-order valence-electron chi connectivity index (χ1n) is 4.58. The van der Waals surface area contributed by atoms with E-state index in [1.54, 1.807) is 12.1 Å². The van der Waals surface area contributed by atoms with Gasteiger partial charge in [0.2, 0.25) is 0 Å². The van der Waals surface area contributed by atoms with Crippen LogP contribution in [0, 0.1) is 11.2 Å². The van der Waals surface area contributed by atoms with Gasteiger partial charge in [-0.2, -0.15) is 0 Å². The fraction of sp³-hybridized carbons (Fsp3) is 0.455. The quantitative estimate of drug-likeness (QED) is 0.739. The third kappa shape index (κ3) is 4.11. The average molecular weight is 340 g/mol. The second-order valence-corrected chi connectivity index (χ2v) is 5.64. The van der Waals surface area contributed by atoms with E-state index in [9.17, 15) is 4.39 Å². The Bertz CT molecular complexity index is 339. The summed E-state index contributed by atoms with van der Waals surface area (Å²) < 4.78 is 19.5. The third-order valence-electron chi connectivity index (χ3n) is 1.87. The van der Waals surface area contributed by atoms with Crippen molar-refractivity contribution in [2.75, 3.05) is 11.9 Å². The van der Waals surface area contributed by atoms with Gasteiger partial charge in [-0.25, -0.2) is 4.39 Å². The lowest BCUT2D eigenvalue weighted by atomic mass is 9.98. The molecule has 0 bridgehead atoms. The molecule has 1 rings (SSSR count). The van der Waals surface area contributed by atoms with Crippen molar-refractivity contribution in [3.8, 4) is 5.75 Å². The molecule has 1 aromatic rings. The summed E-state index contributed by atoms with van der Waals surface area (Å²) in [6.45, 7) is 4.58. The van der Waals surface area contributed by atoms with Gasteiger partial charge in [0.25, 0.3) is 0 Å². The summed E-state index contributed by atoms with van der Waals surface area (Å²) in [7, 11) is 0. The summed E-state index contributed by atoms with van der Waals surface area (Å²) in [5.41, 5.74) is -0.00520. The van der Waals surface area contributed by atoms with E-state index in [0.29, 0.717) is 12.4 Å². The maximum Gasteiger partial charge on any atom is 0.165 e. The molecule has 84 valence electrons. The highest BCUT2D eigenvalue weighted by Gasteiger charge is 2.18. The fourth-order valence-electron chi connectivity index (χ4n) is 0.900. The van der Waals surface area contributed by atoms with Crippen LogP contribution in [0.2, 0.25) is 0 Å². The van der Waals surface area contributed by atoms with E-state index in [1.165, 1.54) is 6.07 Å². The van der Waals surface area contributed by atoms with Crippen LogP contribution in [0.5, 0.6) is 5.75 Å². The summed E-state index contributed by atoms with van der Waals surface area (Å²) in [5, 5.41) is 0.815. The van der Waals surface area contributed by atoms with Crippen LogP contribution >= 0.6 is 31.9 Å². The van der Waals surface area contributed by atoms with Crippen LogP contribution in [0.3, 0.4) is 0 Å². The molecule has 0 fully saturated rings. The molecule has 0 amide bonds. The maximum absolute atomic E-state index is 13.3. The van der Waals surface area contributed by atoms with E-state index >= 15 is 0 Å². The molecule has 0 N–H and O–H groups in total. The molecule has 0 aliphatic heterocycles. The minimum Gasteiger partial charge on any atom is -0.490 e. The summed E-state index contributed by atoms with van der Waals surface area (Å²) in [4.78, 5) is 0. The summed E-state index contributed by atoms with van der Waals surface area (Å²) in [6, 6.07) is 4.68. The molecule has 0 aromatic heterocycles. The van der Waals surface area contributed by atoms with Gasteiger partial charge in [-0.05, 0) is 18.2 Å². The molecule has 1 aromatic carbocycles. The van der Waals surface area contributed by atoms with Crippen molar-refractivity contribution in [3.05, 3.63) is 28.5 Å². The maximum atomic E-state index is 13.3. The van der Waals surface area contributed by atoms with Gasteiger partial charge >= 0.3 is 0 Å². The molecule has 0 spiro atoms. The Balaban J connectivity index is 2.69.